The van der Waals surface area contributed by atoms with Crippen LogP contribution in [0.5, 0.6) is 0 Å². The van der Waals surface area contributed by atoms with Crippen molar-refractivity contribution in [3.63, 3.8) is 0 Å². The summed E-state index contributed by atoms with van der Waals surface area (Å²) in [5, 5.41) is 3.44. The van der Waals surface area contributed by atoms with Crippen LogP contribution in [0, 0.1) is 13.8 Å². The van der Waals surface area contributed by atoms with Crippen molar-refractivity contribution in [1.82, 2.24) is 20.2 Å². The molecule has 1 aromatic heterocycles. The molecule has 21 heavy (non-hydrogen) atoms. The van der Waals surface area contributed by atoms with Crippen molar-refractivity contribution in [3.05, 3.63) is 27.4 Å². The number of aromatic nitrogens is 2. The van der Waals surface area contributed by atoms with E-state index in [0.717, 1.165) is 24.3 Å². The summed E-state index contributed by atoms with van der Waals surface area (Å²) in [6.45, 7) is 16.4. The van der Waals surface area contributed by atoms with Gasteiger partial charge in [0.2, 0.25) is 0 Å². The minimum Gasteiger partial charge on any atom is -0.310 e. The van der Waals surface area contributed by atoms with E-state index in [-0.39, 0.29) is 11.6 Å². The lowest BCUT2D eigenvalue weighted by atomic mass is 10.1. The van der Waals surface area contributed by atoms with Gasteiger partial charge in [-0.2, -0.15) is 0 Å². The van der Waals surface area contributed by atoms with Crippen molar-refractivity contribution in [1.29, 1.82) is 0 Å². The zero-order chi connectivity index (χ0) is 16.2. The van der Waals surface area contributed by atoms with Crippen molar-refractivity contribution >= 4 is 0 Å². The standard InChI is InChI=1S/C16H30N4O/c1-10(2)20(11(3)4)9-8-17-12(5)15-13(6)18-14(7)19-16(15)21/h10-12,17H,8-9H2,1-7H3,(H,18,19,21). The van der Waals surface area contributed by atoms with Crippen LogP contribution in [0.2, 0.25) is 0 Å². The molecule has 2 N–H and O–H groups in total. The van der Waals surface area contributed by atoms with Crippen LogP contribution >= 0.6 is 0 Å². The Balaban J connectivity index is 2.67. The second-order valence-electron chi connectivity index (χ2n) is 6.25. The summed E-state index contributed by atoms with van der Waals surface area (Å²) in [6, 6.07) is 1.05. The Morgan fingerprint density at radius 3 is 2.19 bits per heavy atom. The van der Waals surface area contributed by atoms with Crippen LogP contribution in [-0.2, 0) is 0 Å². The smallest absolute Gasteiger partial charge is 0.255 e. The number of nitrogens with one attached hydrogen (secondary N) is 2. The van der Waals surface area contributed by atoms with E-state index in [1.165, 1.54) is 0 Å². The Kier molecular flexibility index (Phi) is 6.55. The predicted molar refractivity (Wildman–Crippen MR) is 87.7 cm³/mol. The summed E-state index contributed by atoms with van der Waals surface area (Å²) in [6.07, 6.45) is 0. The highest BCUT2D eigenvalue weighted by Gasteiger charge is 2.16. The Labute approximate surface area is 128 Å². The quantitative estimate of drug-likeness (QED) is 0.809. The molecule has 0 saturated heterocycles. The first-order valence-electron chi connectivity index (χ1n) is 7.80. The van der Waals surface area contributed by atoms with Gasteiger partial charge in [0.05, 0.1) is 5.56 Å². The molecule has 0 radical (unpaired) electrons. The average Bonchev–Trinajstić information content (AvgIpc) is 2.32. The highest BCUT2D eigenvalue weighted by molar-refractivity contribution is 5.19. The molecule has 1 unspecified atom stereocenters. The summed E-state index contributed by atoms with van der Waals surface area (Å²) in [5.41, 5.74) is 1.51. The molecule has 0 bridgehead atoms. The van der Waals surface area contributed by atoms with Crippen LogP contribution in [-0.4, -0.2) is 40.0 Å². The first-order valence-corrected chi connectivity index (χ1v) is 7.80. The Hall–Kier alpha value is -1.20. The van der Waals surface area contributed by atoms with Gasteiger partial charge in [0.25, 0.3) is 5.56 Å². The highest BCUT2D eigenvalue weighted by Crippen LogP contribution is 2.11. The van der Waals surface area contributed by atoms with Crippen LogP contribution in [0.4, 0.5) is 0 Å². The van der Waals surface area contributed by atoms with Gasteiger partial charge in [0, 0.05) is 36.9 Å². The molecule has 5 heteroatoms. The molecule has 5 nitrogen and oxygen atoms in total. The van der Waals surface area contributed by atoms with E-state index >= 15 is 0 Å². The molecule has 1 heterocycles. The lowest BCUT2D eigenvalue weighted by Crippen LogP contribution is -2.42. The molecule has 0 aliphatic carbocycles. The van der Waals surface area contributed by atoms with Gasteiger partial charge in [-0.1, -0.05) is 0 Å². The van der Waals surface area contributed by atoms with Crippen molar-refractivity contribution in [2.75, 3.05) is 13.1 Å². The Morgan fingerprint density at radius 1 is 1.14 bits per heavy atom. The van der Waals surface area contributed by atoms with E-state index < -0.39 is 0 Å². The van der Waals surface area contributed by atoms with Crippen LogP contribution in [0.3, 0.4) is 0 Å². The fourth-order valence-corrected chi connectivity index (χ4v) is 2.87. The van der Waals surface area contributed by atoms with E-state index in [1.54, 1.807) is 6.92 Å². The minimum absolute atomic E-state index is 0.00280. The van der Waals surface area contributed by atoms with Gasteiger partial charge < -0.3 is 10.3 Å². The van der Waals surface area contributed by atoms with Gasteiger partial charge >= 0.3 is 0 Å². The summed E-state index contributed by atoms with van der Waals surface area (Å²) in [7, 11) is 0. The molecular weight excluding hydrogens is 264 g/mol. The van der Waals surface area contributed by atoms with Gasteiger partial charge in [0.15, 0.2) is 0 Å². The number of aryl methyl sites for hydroxylation is 2. The van der Waals surface area contributed by atoms with Gasteiger partial charge in [-0.05, 0) is 48.5 Å². The Bertz CT molecular complexity index is 499. The minimum atomic E-state index is -0.0374. The lowest BCUT2D eigenvalue weighted by Gasteiger charge is -2.31. The number of nitrogens with zero attached hydrogens (tertiary/aromatic N) is 2. The maximum atomic E-state index is 12.1. The summed E-state index contributed by atoms with van der Waals surface area (Å²) < 4.78 is 0. The number of aromatic amines is 1. The summed E-state index contributed by atoms with van der Waals surface area (Å²) in [5.74, 6) is 0.666. The third kappa shape index (κ3) is 4.93. The van der Waals surface area contributed by atoms with Gasteiger partial charge in [-0.15, -0.1) is 0 Å². The van der Waals surface area contributed by atoms with Crippen LogP contribution in [0.1, 0.15) is 57.7 Å². The molecule has 0 amide bonds. The predicted octanol–water partition coefficient (Wildman–Crippen LogP) is 2.16. The van der Waals surface area contributed by atoms with Crippen molar-refractivity contribution in [3.8, 4) is 0 Å². The number of hydrogen-bond donors (Lipinski definition) is 2. The molecule has 0 saturated carbocycles. The van der Waals surface area contributed by atoms with Gasteiger partial charge in [0.1, 0.15) is 5.82 Å². The van der Waals surface area contributed by atoms with Gasteiger partial charge in [-0.3, -0.25) is 9.69 Å². The maximum absolute atomic E-state index is 12.1. The van der Waals surface area contributed by atoms with E-state index in [4.69, 9.17) is 0 Å². The molecule has 0 spiro atoms. The molecule has 1 atom stereocenters. The van der Waals surface area contributed by atoms with E-state index in [2.05, 4.69) is 47.9 Å². The molecular formula is C16H30N4O. The number of H-pyrrole nitrogens is 1. The van der Waals surface area contributed by atoms with Crippen molar-refractivity contribution in [2.45, 2.75) is 66.6 Å². The largest absolute Gasteiger partial charge is 0.310 e. The van der Waals surface area contributed by atoms with E-state index in [0.29, 0.717) is 17.9 Å². The maximum Gasteiger partial charge on any atom is 0.255 e. The van der Waals surface area contributed by atoms with Crippen LogP contribution < -0.4 is 10.9 Å². The van der Waals surface area contributed by atoms with Crippen molar-refractivity contribution < 1.29 is 0 Å². The molecule has 0 fully saturated rings. The molecule has 1 rings (SSSR count). The third-order valence-electron chi connectivity index (χ3n) is 3.84. The molecule has 1 aromatic rings. The summed E-state index contributed by atoms with van der Waals surface area (Å²) >= 11 is 0. The topological polar surface area (TPSA) is 61.0 Å². The monoisotopic (exact) mass is 294 g/mol. The summed E-state index contributed by atoms with van der Waals surface area (Å²) in [4.78, 5) is 21.6. The molecule has 120 valence electrons. The molecule has 0 aliphatic heterocycles. The zero-order valence-corrected chi connectivity index (χ0v) is 14.4. The van der Waals surface area contributed by atoms with Gasteiger partial charge in [-0.25, -0.2) is 4.98 Å². The first-order chi connectivity index (χ1) is 9.73. The van der Waals surface area contributed by atoms with Crippen molar-refractivity contribution in [2.24, 2.45) is 0 Å². The van der Waals surface area contributed by atoms with E-state index in [9.17, 15) is 4.79 Å². The zero-order valence-electron chi connectivity index (χ0n) is 14.4. The average molecular weight is 294 g/mol. The normalized spacial score (nSPS) is 13.4. The molecule has 0 aliphatic rings. The lowest BCUT2D eigenvalue weighted by molar-refractivity contribution is 0.174. The SMILES string of the molecule is Cc1nc(C)c(C(C)NCCN(C(C)C)C(C)C)c(=O)[nH]1. The van der Waals surface area contributed by atoms with E-state index in [1.807, 2.05) is 13.8 Å². The number of hydrogen-bond acceptors (Lipinski definition) is 4. The second-order valence-corrected chi connectivity index (χ2v) is 6.25. The first kappa shape index (κ1) is 17.9. The van der Waals surface area contributed by atoms with Crippen LogP contribution in [0.15, 0.2) is 4.79 Å². The highest BCUT2D eigenvalue weighted by atomic mass is 16.1. The fourth-order valence-electron chi connectivity index (χ4n) is 2.87. The molecule has 0 aromatic carbocycles. The number of rotatable bonds is 7. The second kappa shape index (κ2) is 7.71. The Morgan fingerprint density at radius 2 is 1.71 bits per heavy atom. The third-order valence-corrected chi connectivity index (χ3v) is 3.84. The fraction of sp³-hybridized carbons (Fsp3) is 0.750. The van der Waals surface area contributed by atoms with Crippen LogP contribution in [0.25, 0.3) is 0 Å².